The molecule has 1 amide bonds. The number of carbonyl (C=O) groups excluding carboxylic acids is 1. The molecule has 7 nitrogen and oxygen atoms in total. The molecule has 0 spiro atoms. The van der Waals surface area contributed by atoms with Gasteiger partial charge in [-0.05, 0) is 30.7 Å². The third-order valence-corrected chi connectivity index (χ3v) is 6.59. The van der Waals surface area contributed by atoms with Gasteiger partial charge in [-0.25, -0.2) is 4.98 Å². The van der Waals surface area contributed by atoms with E-state index in [0.717, 1.165) is 39.7 Å². The molecular formula is C24H22N4O3S. The van der Waals surface area contributed by atoms with Crippen LogP contribution in [-0.4, -0.2) is 34.7 Å². The van der Waals surface area contributed by atoms with Gasteiger partial charge in [0.2, 0.25) is 17.6 Å². The number of methoxy groups -OCH3 is 1. The Hall–Kier alpha value is -3.52. The van der Waals surface area contributed by atoms with Crippen molar-refractivity contribution < 1.29 is 14.1 Å². The standard InChI is InChI=1S/C24H22N4O3S/c1-3-21-25-20(14-32-21)15-4-6-16(7-5-15)23-26-24(31-27-23)17-12-22(29)28(13-17)18-8-10-19(30-2)11-9-18/h4-11,14,17H,3,12-13H2,1-2H3/t17-/m1/s1. The van der Waals surface area contributed by atoms with E-state index in [1.54, 1.807) is 23.3 Å². The lowest BCUT2D eigenvalue weighted by atomic mass is 10.1. The minimum absolute atomic E-state index is 0.0407. The van der Waals surface area contributed by atoms with Crippen LogP contribution in [0.2, 0.25) is 0 Å². The Kier molecular flexibility index (Phi) is 5.45. The fourth-order valence-electron chi connectivity index (χ4n) is 3.80. The number of thiazole rings is 1. The molecule has 0 bridgehead atoms. The predicted molar refractivity (Wildman–Crippen MR) is 123 cm³/mol. The molecule has 162 valence electrons. The van der Waals surface area contributed by atoms with E-state index < -0.39 is 0 Å². The molecule has 0 unspecified atom stereocenters. The van der Waals surface area contributed by atoms with Crippen LogP contribution in [0.25, 0.3) is 22.6 Å². The van der Waals surface area contributed by atoms with E-state index in [2.05, 4.69) is 27.4 Å². The van der Waals surface area contributed by atoms with Crippen LogP contribution in [0.4, 0.5) is 5.69 Å². The largest absolute Gasteiger partial charge is 0.497 e. The lowest BCUT2D eigenvalue weighted by Gasteiger charge is -2.16. The summed E-state index contributed by atoms with van der Waals surface area (Å²) < 4.78 is 10.7. The molecule has 0 N–H and O–H groups in total. The van der Waals surface area contributed by atoms with Gasteiger partial charge in [-0.3, -0.25) is 4.79 Å². The average Bonchev–Trinajstić information content (AvgIpc) is 3.59. The van der Waals surface area contributed by atoms with E-state index >= 15 is 0 Å². The maximum Gasteiger partial charge on any atom is 0.232 e. The molecule has 2 aromatic heterocycles. The molecule has 2 aromatic carbocycles. The van der Waals surface area contributed by atoms with E-state index in [1.165, 1.54) is 0 Å². The number of ether oxygens (including phenoxy) is 1. The van der Waals surface area contributed by atoms with E-state index in [0.29, 0.717) is 24.7 Å². The van der Waals surface area contributed by atoms with E-state index in [9.17, 15) is 4.79 Å². The maximum atomic E-state index is 12.6. The summed E-state index contributed by atoms with van der Waals surface area (Å²) in [6.07, 6.45) is 1.28. The van der Waals surface area contributed by atoms with Gasteiger partial charge < -0.3 is 14.2 Å². The van der Waals surface area contributed by atoms with Crippen molar-refractivity contribution in [2.75, 3.05) is 18.6 Å². The molecule has 1 fully saturated rings. The summed E-state index contributed by atoms with van der Waals surface area (Å²) in [6, 6.07) is 15.4. The first-order valence-corrected chi connectivity index (χ1v) is 11.4. The lowest BCUT2D eigenvalue weighted by Crippen LogP contribution is -2.24. The first-order valence-electron chi connectivity index (χ1n) is 10.5. The molecule has 1 saturated heterocycles. The van der Waals surface area contributed by atoms with E-state index in [1.807, 2.05) is 48.5 Å². The summed E-state index contributed by atoms with van der Waals surface area (Å²) in [7, 11) is 1.62. The Morgan fingerprint density at radius 2 is 1.84 bits per heavy atom. The molecule has 0 saturated carbocycles. The highest BCUT2D eigenvalue weighted by Gasteiger charge is 2.35. The van der Waals surface area contributed by atoms with Crippen molar-refractivity contribution in [2.45, 2.75) is 25.7 Å². The zero-order valence-corrected chi connectivity index (χ0v) is 18.6. The van der Waals surface area contributed by atoms with E-state index in [-0.39, 0.29) is 11.8 Å². The van der Waals surface area contributed by atoms with Gasteiger partial charge in [0.25, 0.3) is 0 Å². The van der Waals surface area contributed by atoms with Gasteiger partial charge in [0, 0.05) is 35.2 Å². The minimum Gasteiger partial charge on any atom is -0.497 e. The Labute approximate surface area is 189 Å². The van der Waals surface area contributed by atoms with Crippen LogP contribution in [-0.2, 0) is 11.2 Å². The Bertz CT molecular complexity index is 1230. The van der Waals surface area contributed by atoms with Crippen LogP contribution >= 0.6 is 11.3 Å². The highest BCUT2D eigenvalue weighted by Crippen LogP contribution is 2.33. The van der Waals surface area contributed by atoms with Crippen LogP contribution in [0.15, 0.2) is 58.4 Å². The van der Waals surface area contributed by atoms with Crippen molar-refractivity contribution in [3.8, 4) is 28.4 Å². The molecular weight excluding hydrogens is 424 g/mol. The van der Waals surface area contributed by atoms with Gasteiger partial charge in [-0.2, -0.15) is 4.98 Å². The molecule has 8 heteroatoms. The quantitative estimate of drug-likeness (QED) is 0.417. The number of aromatic nitrogens is 3. The van der Waals surface area contributed by atoms with Gasteiger partial charge in [0.15, 0.2) is 0 Å². The summed E-state index contributed by atoms with van der Waals surface area (Å²) in [5.74, 6) is 1.67. The minimum atomic E-state index is -0.132. The number of hydrogen-bond donors (Lipinski definition) is 0. The van der Waals surface area contributed by atoms with Crippen molar-refractivity contribution in [2.24, 2.45) is 0 Å². The van der Waals surface area contributed by atoms with E-state index in [4.69, 9.17) is 9.26 Å². The lowest BCUT2D eigenvalue weighted by molar-refractivity contribution is -0.117. The molecule has 5 rings (SSSR count). The first-order chi connectivity index (χ1) is 15.6. The molecule has 1 aliphatic rings. The second kappa shape index (κ2) is 8.55. The van der Waals surface area contributed by atoms with Gasteiger partial charge in [-0.1, -0.05) is 36.3 Å². The number of benzene rings is 2. The predicted octanol–water partition coefficient (Wildman–Crippen LogP) is 4.95. The van der Waals surface area contributed by atoms with Crippen molar-refractivity contribution in [1.82, 2.24) is 15.1 Å². The SMILES string of the molecule is CCc1nc(-c2ccc(-c3noc([C@@H]4CC(=O)N(c5ccc(OC)cc5)C4)n3)cc2)cs1. The highest BCUT2D eigenvalue weighted by molar-refractivity contribution is 7.09. The van der Waals surface area contributed by atoms with Gasteiger partial charge >= 0.3 is 0 Å². The zero-order chi connectivity index (χ0) is 22.1. The second-order valence-electron chi connectivity index (χ2n) is 7.62. The third kappa shape index (κ3) is 3.89. The third-order valence-electron chi connectivity index (χ3n) is 5.59. The summed E-state index contributed by atoms with van der Waals surface area (Å²) in [5.41, 5.74) is 3.74. The maximum absolute atomic E-state index is 12.6. The molecule has 0 radical (unpaired) electrons. The fraction of sp³-hybridized carbons (Fsp3) is 0.250. The zero-order valence-electron chi connectivity index (χ0n) is 17.8. The number of anilines is 1. The Balaban J connectivity index is 1.30. The van der Waals surface area contributed by atoms with Crippen LogP contribution in [0.3, 0.4) is 0 Å². The van der Waals surface area contributed by atoms with Crippen LogP contribution < -0.4 is 9.64 Å². The average molecular weight is 447 g/mol. The summed E-state index contributed by atoms with van der Waals surface area (Å²) in [6.45, 7) is 2.61. The number of hydrogen-bond acceptors (Lipinski definition) is 7. The number of nitrogens with zero attached hydrogens (tertiary/aromatic N) is 4. The van der Waals surface area contributed by atoms with Crippen LogP contribution in [0.5, 0.6) is 5.75 Å². The van der Waals surface area contributed by atoms with Crippen LogP contribution in [0, 0.1) is 0 Å². The molecule has 3 heterocycles. The summed E-state index contributed by atoms with van der Waals surface area (Å²) in [5, 5.41) is 7.35. The summed E-state index contributed by atoms with van der Waals surface area (Å²) in [4.78, 5) is 23.6. The molecule has 32 heavy (non-hydrogen) atoms. The molecule has 1 atom stereocenters. The van der Waals surface area contributed by atoms with Gasteiger partial charge in [0.1, 0.15) is 5.75 Å². The first kappa shape index (κ1) is 20.4. The van der Waals surface area contributed by atoms with Crippen LogP contribution in [0.1, 0.15) is 30.2 Å². The van der Waals surface area contributed by atoms with Gasteiger partial charge in [0.05, 0.1) is 23.7 Å². The molecule has 1 aliphatic heterocycles. The van der Waals surface area contributed by atoms with Crippen molar-refractivity contribution >= 4 is 22.9 Å². The number of aryl methyl sites for hydroxylation is 1. The summed E-state index contributed by atoms with van der Waals surface area (Å²) >= 11 is 1.67. The number of rotatable bonds is 6. The highest BCUT2D eigenvalue weighted by atomic mass is 32.1. The Morgan fingerprint density at radius 3 is 2.53 bits per heavy atom. The smallest absolute Gasteiger partial charge is 0.232 e. The van der Waals surface area contributed by atoms with Crippen molar-refractivity contribution in [3.05, 3.63) is 64.8 Å². The fourth-order valence-corrected chi connectivity index (χ4v) is 4.55. The number of amides is 1. The van der Waals surface area contributed by atoms with Crippen molar-refractivity contribution in [1.29, 1.82) is 0 Å². The Morgan fingerprint density at radius 1 is 1.09 bits per heavy atom. The van der Waals surface area contributed by atoms with Gasteiger partial charge in [-0.15, -0.1) is 11.3 Å². The topological polar surface area (TPSA) is 81.4 Å². The molecule has 4 aromatic rings. The normalized spacial score (nSPS) is 16.0. The van der Waals surface area contributed by atoms with Crippen molar-refractivity contribution in [3.63, 3.8) is 0 Å². The second-order valence-corrected chi connectivity index (χ2v) is 8.56. The number of carbonyl (C=O) groups is 1. The monoisotopic (exact) mass is 446 g/mol. The molecule has 0 aliphatic carbocycles.